The molecule has 0 aliphatic rings. The van der Waals surface area contributed by atoms with E-state index in [2.05, 4.69) is 6.07 Å². The Bertz CT molecular complexity index is 544. The van der Waals surface area contributed by atoms with Gasteiger partial charge in [0.1, 0.15) is 11.5 Å². The van der Waals surface area contributed by atoms with Gasteiger partial charge < -0.3 is 4.74 Å². The SMILES string of the molecule is Cc1cc(C)cc(Oc2ccc(CCl)cc2Cl)c1. The molecule has 0 amide bonds. The van der Waals surface area contributed by atoms with E-state index >= 15 is 0 Å². The van der Waals surface area contributed by atoms with Gasteiger partial charge in [0.05, 0.1) is 5.02 Å². The van der Waals surface area contributed by atoms with Crippen LogP contribution in [0.3, 0.4) is 0 Å². The molecule has 0 atom stereocenters. The van der Waals surface area contributed by atoms with Crippen molar-refractivity contribution in [3.8, 4) is 11.5 Å². The molecule has 94 valence electrons. The Morgan fingerprint density at radius 3 is 2.22 bits per heavy atom. The van der Waals surface area contributed by atoms with Gasteiger partial charge >= 0.3 is 0 Å². The molecule has 0 heterocycles. The molecular weight excluding hydrogens is 267 g/mol. The lowest BCUT2D eigenvalue weighted by Gasteiger charge is -2.10. The second-order valence-electron chi connectivity index (χ2n) is 4.32. The van der Waals surface area contributed by atoms with Crippen molar-refractivity contribution in [3.05, 3.63) is 58.1 Å². The molecule has 18 heavy (non-hydrogen) atoms. The normalized spacial score (nSPS) is 10.4. The number of hydrogen-bond acceptors (Lipinski definition) is 1. The first-order valence-electron chi connectivity index (χ1n) is 5.69. The Balaban J connectivity index is 2.28. The van der Waals surface area contributed by atoms with Crippen LogP contribution in [0.25, 0.3) is 0 Å². The number of hydrogen-bond donors (Lipinski definition) is 0. The lowest BCUT2D eigenvalue weighted by atomic mass is 10.1. The Hall–Kier alpha value is -1.18. The molecule has 0 aromatic heterocycles. The van der Waals surface area contributed by atoms with Crippen LogP contribution in [0.1, 0.15) is 16.7 Å². The van der Waals surface area contributed by atoms with Crippen molar-refractivity contribution in [2.45, 2.75) is 19.7 Å². The molecule has 0 aliphatic carbocycles. The summed E-state index contributed by atoms with van der Waals surface area (Å²) in [5.41, 5.74) is 3.31. The summed E-state index contributed by atoms with van der Waals surface area (Å²) in [6.07, 6.45) is 0. The molecule has 0 spiro atoms. The molecule has 2 rings (SSSR count). The summed E-state index contributed by atoms with van der Waals surface area (Å²) in [6.45, 7) is 4.08. The van der Waals surface area contributed by atoms with Gasteiger partial charge in [0.25, 0.3) is 0 Å². The highest BCUT2D eigenvalue weighted by Crippen LogP contribution is 2.31. The van der Waals surface area contributed by atoms with Crippen molar-refractivity contribution in [2.75, 3.05) is 0 Å². The first-order chi connectivity index (χ1) is 8.58. The first kappa shape index (κ1) is 13.3. The van der Waals surface area contributed by atoms with Crippen molar-refractivity contribution in [1.29, 1.82) is 0 Å². The maximum Gasteiger partial charge on any atom is 0.146 e. The molecule has 0 aliphatic heterocycles. The highest BCUT2D eigenvalue weighted by atomic mass is 35.5. The smallest absolute Gasteiger partial charge is 0.146 e. The average molecular weight is 281 g/mol. The van der Waals surface area contributed by atoms with Gasteiger partial charge in [-0.2, -0.15) is 0 Å². The third kappa shape index (κ3) is 3.18. The van der Waals surface area contributed by atoms with E-state index in [9.17, 15) is 0 Å². The Labute approximate surface area is 117 Å². The highest BCUT2D eigenvalue weighted by Gasteiger charge is 2.05. The summed E-state index contributed by atoms with van der Waals surface area (Å²) in [7, 11) is 0. The minimum absolute atomic E-state index is 0.448. The molecule has 0 bridgehead atoms. The second kappa shape index (κ2) is 5.64. The van der Waals surface area contributed by atoms with Gasteiger partial charge in [0.15, 0.2) is 0 Å². The van der Waals surface area contributed by atoms with Gasteiger partial charge in [0, 0.05) is 5.88 Å². The number of halogens is 2. The maximum absolute atomic E-state index is 6.15. The molecular formula is C15H14Cl2O. The van der Waals surface area contributed by atoms with Crippen molar-refractivity contribution in [2.24, 2.45) is 0 Å². The number of aryl methyl sites for hydroxylation is 2. The Morgan fingerprint density at radius 1 is 1.00 bits per heavy atom. The van der Waals surface area contributed by atoms with Crippen LogP contribution in [0.15, 0.2) is 36.4 Å². The van der Waals surface area contributed by atoms with Crippen LogP contribution in [0.5, 0.6) is 11.5 Å². The van der Waals surface area contributed by atoms with E-state index in [1.807, 2.05) is 44.2 Å². The summed E-state index contributed by atoms with van der Waals surface area (Å²) >= 11 is 11.9. The van der Waals surface area contributed by atoms with E-state index in [4.69, 9.17) is 27.9 Å². The van der Waals surface area contributed by atoms with Crippen molar-refractivity contribution < 1.29 is 4.74 Å². The molecule has 2 aromatic rings. The van der Waals surface area contributed by atoms with Crippen LogP contribution >= 0.6 is 23.2 Å². The largest absolute Gasteiger partial charge is 0.456 e. The lowest BCUT2D eigenvalue weighted by molar-refractivity contribution is 0.482. The molecule has 0 saturated heterocycles. The number of benzene rings is 2. The summed E-state index contributed by atoms with van der Waals surface area (Å²) in [5, 5.41) is 0.576. The van der Waals surface area contributed by atoms with Gasteiger partial charge in [-0.05, 0) is 54.8 Å². The van der Waals surface area contributed by atoms with Gasteiger partial charge in [0.2, 0.25) is 0 Å². The molecule has 1 nitrogen and oxygen atoms in total. The summed E-state index contributed by atoms with van der Waals surface area (Å²) in [6, 6.07) is 11.7. The van der Waals surface area contributed by atoms with Crippen LogP contribution in [-0.4, -0.2) is 0 Å². The van der Waals surface area contributed by atoms with Gasteiger partial charge in [-0.3, -0.25) is 0 Å². The van der Waals surface area contributed by atoms with Crippen molar-refractivity contribution >= 4 is 23.2 Å². The molecule has 0 radical (unpaired) electrons. The van der Waals surface area contributed by atoms with Gasteiger partial charge in [-0.15, -0.1) is 11.6 Å². The summed E-state index contributed by atoms with van der Waals surface area (Å²) < 4.78 is 5.80. The summed E-state index contributed by atoms with van der Waals surface area (Å²) in [4.78, 5) is 0. The van der Waals surface area contributed by atoms with E-state index in [-0.39, 0.29) is 0 Å². The predicted molar refractivity (Wildman–Crippen MR) is 77.0 cm³/mol. The Morgan fingerprint density at radius 2 is 1.67 bits per heavy atom. The zero-order valence-corrected chi connectivity index (χ0v) is 11.8. The average Bonchev–Trinajstić information content (AvgIpc) is 2.30. The third-order valence-corrected chi connectivity index (χ3v) is 3.18. The second-order valence-corrected chi connectivity index (χ2v) is 5.00. The Kier molecular flexibility index (Phi) is 4.15. The van der Waals surface area contributed by atoms with Crippen LogP contribution in [0, 0.1) is 13.8 Å². The minimum Gasteiger partial charge on any atom is -0.456 e. The fourth-order valence-electron chi connectivity index (χ4n) is 1.83. The van der Waals surface area contributed by atoms with E-state index < -0.39 is 0 Å². The summed E-state index contributed by atoms with van der Waals surface area (Å²) in [5.74, 6) is 1.90. The van der Waals surface area contributed by atoms with Crippen LogP contribution in [0.4, 0.5) is 0 Å². The van der Waals surface area contributed by atoms with E-state index in [0.717, 1.165) is 11.3 Å². The van der Waals surface area contributed by atoms with E-state index in [0.29, 0.717) is 16.7 Å². The molecule has 2 aromatic carbocycles. The molecule has 0 N–H and O–H groups in total. The van der Waals surface area contributed by atoms with Crippen LogP contribution in [0.2, 0.25) is 5.02 Å². The highest BCUT2D eigenvalue weighted by molar-refractivity contribution is 6.32. The molecule has 0 saturated carbocycles. The fraction of sp³-hybridized carbons (Fsp3) is 0.200. The van der Waals surface area contributed by atoms with Crippen molar-refractivity contribution in [1.82, 2.24) is 0 Å². The van der Waals surface area contributed by atoms with E-state index in [1.54, 1.807) is 0 Å². The quantitative estimate of drug-likeness (QED) is 0.676. The first-order valence-corrected chi connectivity index (χ1v) is 6.60. The van der Waals surface area contributed by atoms with Gasteiger partial charge in [-0.25, -0.2) is 0 Å². The molecule has 3 heteroatoms. The number of ether oxygens (including phenoxy) is 1. The van der Waals surface area contributed by atoms with Crippen LogP contribution in [-0.2, 0) is 5.88 Å². The zero-order chi connectivity index (χ0) is 13.1. The predicted octanol–water partition coefficient (Wildman–Crippen LogP) is 5.49. The van der Waals surface area contributed by atoms with Crippen molar-refractivity contribution in [3.63, 3.8) is 0 Å². The molecule has 0 fully saturated rings. The lowest BCUT2D eigenvalue weighted by Crippen LogP contribution is -1.88. The molecule has 0 unspecified atom stereocenters. The maximum atomic E-state index is 6.15. The zero-order valence-electron chi connectivity index (χ0n) is 10.3. The van der Waals surface area contributed by atoms with Gasteiger partial charge in [-0.1, -0.05) is 23.7 Å². The minimum atomic E-state index is 0.448. The number of rotatable bonds is 3. The number of alkyl halides is 1. The van der Waals surface area contributed by atoms with Crippen LogP contribution < -0.4 is 4.74 Å². The monoisotopic (exact) mass is 280 g/mol. The fourth-order valence-corrected chi connectivity index (χ4v) is 2.24. The van der Waals surface area contributed by atoms with E-state index in [1.165, 1.54) is 11.1 Å². The topological polar surface area (TPSA) is 9.23 Å². The standard InChI is InChI=1S/C15H14Cl2O/c1-10-5-11(2)7-13(6-10)18-15-4-3-12(9-16)8-14(15)17/h3-8H,9H2,1-2H3. The third-order valence-electron chi connectivity index (χ3n) is 2.57.